The van der Waals surface area contributed by atoms with Crippen molar-refractivity contribution < 1.29 is 22.8 Å². The van der Waals surface area contributed by atoms with E-state index in [9.17, 15) is 13.2 Å². The Hall–Kier alpha value is -1.64. The third kappa shape index (κ3) is 2.97. The van der Waals surface area contributed by atoms with E-state index < -0.39 is 15.9 Å². The van der Waals surface area contributed by atoms with E-state index in [4.69, 9.17) is 14.7 Å². The monoisotopic (exact) mass is 274 g/mol. The second-order valence-electron chi connectivity index (χ2n) is 3.39. The predicted molar refractivity (Wildman–Crippen MR) is 63.5 cm³/mol. The molecule has 0 unspecified atom stereocenters. The van der Waals surface area contributed by atoms with Crippen molar-refractivity contribution in [1.82, 2.24) is 5.06 Å². The SMILES string of the molecule is COc1ccc(S(N)(=O)=O)cc1C(=O)N(C)OC. The average molecular weight is 274 g/mol. The smallest absolute Gasteiger partial charge is 0.280 e. The van der Waals surface area contributed by atoms with Crippen molar-refractivity contribution in [2.75, 3.05) is 21.3 Å². The maximum absolute atomic E-state index is 11.9. The van der Waals surface area contributed by atoms with Crippen LogP contribution in [0.25, 0.3) is 0 Å². The fourth-order valence-corrected chi connectivity index (χ4v) is 1.82. The molecule has 7 nitrogen and oxygen atoms in total. The third-order valence-corrected chi connectivity index (χ3v) is 3.20. The Kier molecular flexibility index (Phi) is 4.28. The minimum Gasteiger partial charge on any atom is -0.496 e. The van der Waals surface area contributed by atoms with Gasteiger partial charge in [0.05, 0.1) is 24.7 Å². The number of primary sulfonamides is 1. The van der Waals surface area contributed by atoms with Crippen molar-refractivity contribution >= 4 is 15.9 Å². The fourth-order valence-electron chi connectivity index (χ4n) is 1.28. The summed E-state index contributed by atoms with van der Waals surface area (Å²) in [6, 6.07) is 3.76. The van der Waals surface area contributed by atoms with Gasteiger partial charge in [0.1, 0.15) is 5.75 Å². The Morgan fingerprint density at radius 3 is 2.39 bits per heavy atom. The number of nitrogens with two attached hydrogens (primary N) is 1. The summed E-state index contributed by atoms with van der Waals surface area (Å²) in [4.78, 5) is 16.5. The summed E-state index contributed by atoms with van der Waals surface area (Å²) in [6.07, 6.45) is 0. The molecule has 0 saturated carbocycles. The van der Waals surface area contributed by atoms with E-state index in [0.29, 0.717) is 0 Å². The second-order valence-corrected chi connectivity index (χ2v) is 4.95. The summed E-state index contributed by atoms with van der Waals surface area (Å²) >= 11 is 0. The molecule has 18 heavy (non-hydrogen) atoms. The van der Waals surface area contributed by atoms with Crippen molar-refractivity contribution in [1.29, 1.82) is 0 Å². The van der Waals surface area contributed by atoms with Gasteiger partial charge in [-0.05, 0) is 18.2 Å². The first-order chi connectivity index (χ1) is 8.31. The first kappa shape index (κ1) is 14.4. The fraction of sp³-hybridized carbons (Fsp3) is 0.300. The number of hydrogen-bond donors (Lipinski definition) is 1. The number of carbonyl (C=O) groups is 1. The van der Waals surface area contributed by atoms with Gasteiger partial charge < -0.3 is 4.74 Å². The molecule has 0 heterocycles. The van der Waals surface area contributed by atoms with Gasteiger partial charge in [-0.3, -0.25) is 9.63 Å². The third-order valence-electron chi connectivity index (χ3n) is 2.29. The highest BCUT2D eigenvalue weighted by molar-refractivity contribution is 7.89. The average Bonchev–Trinajstić information content (AvgIpc) is 2.35. The quantitative estimate of drug-likeness (QED) is 0.778. The lowest BCUT2D eigenvalue weighted by atomic mass is 10.2. The summed E-state index contributed by atoms with van der Waals surface area (Å²) < 4.78 is 27.4. The van der Waals surface area contributed by atoms with Gasteiger partial charge in [0.25, 0.3) is 5.91 Å². The Labute approximate surface area is 105 Å². The first-order valence-electron chi connectivity index (χ1n) is 4.84. The van der Waals surface area contributed by atoms with E-state index >= 15 is 0 Å². The molecule has 1 amide bonds. The van der Waals surface area contributed by atoms with Crippen molar-refractivity contribution in [3.63, 3.8) is 0 Å². The molecule has 0 radical (unpaired) electrons. The molecule has 0 aliphatic carbocycles. The number of rotatable bonds is 4. The molecular weight excluding hydrogens is 260 g/mol. The molecule has 0 saturated heterocycles. The topological polar surface area (TPSA) is 98.9 Å². The van der Waals surface area contributed by atoms with Gasteiger partial charge in [-0.25, -0.2) is 18.6 Å². The van der Waals surface area contributed by atoms with Gasteiger partial charge >= 0.3 is 0 Å². The zero-order valence-corrected chi connectivity index (χ0v) is 11.0. The summed E-state index contributed by atoms with van der Waals surface area (Å²) in [6.45, 7) is 0. The van der Waals surface area contributed by atoms with Crippen LogP contribution in [0.4, 0.5) is 0 Å². The summed E-state index contributed by atoms with van der Waals surface area (Å²) in [5.41, 5.74) is 0.0494. The van der Waals surface area contributed by atoms with Crippen LogP contribution in [0.3, 0.4) is 0 Å². The van der Waals surface area contributed by atoms with Crippen LogP contribution >= 0.6 is 0 Å². The van der Waals surface area contributed by atoms with Crippen LogP contribution in [0.5, 0.6) is 5.75 Å². The van der Waals surface area contributed by atoms with Crippen molar-refractivity contribution in [2.24, 2.45) is 5.14 Å². The number of hydroxylamine groups is 2. The molecule has 0 aliphatic heterocycles. The predicted octanol–water partition coefficient (Wildman–Crippen LogP) is -0.0240. The summed E-state index contributed by atoms with van der Waals surface area (Å²) in [7, 11) is 0.195. The molecule has 100 valence electrons. The highest BCUT2D eigenvalue weighted by atomic mass is 32.2. The molecule has 8 heteroatoms. The molecule has 0 fully saturated rings. The van der Waals surface area contributed by atoms with Crippen molar-refractivity contribution in [3.05, 3.63) is 23.8 Å². The molecule has 2 N–H and O–H groups in total. The maximum atomic E-state index is 11.9. The number of amides is 1. The largest absolute Gasteiger partial charge is 0.496 e. The number of carbonyl (C=O) groups excluding carboxylic acids is 1. The molecule has 0 aliphatic rings. The number of nitrogens with zero attached hydrogens (tertiary/aromatic N) is 1. The molecule has 1 aromatic carbocycles. The molecular formula is C10H14N2O5S. The van der Waals surface area contributed by atoms with Gasteiger partial charge in [0, 0.05) is 7.05 Å². The van der Waals surface area contributed by atoms with Gasteiger partial charge in [-0.2, -0.15) is 0 Å². The molecule has 0 aromatic heterocycles. The molecule has 1 aromatic rings. The number of hydrogen-bond acceptors (Lipinski definition) is 5. The zero-order chi connectivity index (χ0) is 13.9. The minimum atomic E-state index is -3.88. The maximum Gasteiger partial charge on any atom is 0.280 e. The van der Waals surface area contributed by atoms with Crippen LogP contribution in [0, 0.1) is 0 Å². The molecule has 0 atom stereocenters. The van der Waals surface area contributed by atoms with Crippen LogP contribution in [-0.4, -0.2) is 40.7 Å². The van der Waals surface area contributed by atoms with Crippen molar-refractivity contribution in [2.45, 2.75) is 4.90 Å². The highest BCUT2D eigenvalue weighted by Gasteiger charge is 2.20. The number of methoxy groups -OCH3 is 1. The molecule has 1 rings (SSSR count). The van der Waals surface area contributed by atoms with E-state index in [-0.39, 0.29) is 16.2 Å². The van der Waals surface area contributed by atoms with Gasteiger partial charge in [0.2, 0.25) is 10.0 Å². The zero-order valence-electron chi connectivity index (χ0n) is 10.2. The lowest BCUT2D eigenvalue weighted by molar-refractivity contribution is -0.0758. The van der Waals surface area contributed by atoms with E-state index in [1.54, 1.807) is 0 Å². The van der Waals surface area contributed by atoms with E-state index in [2.05, 4.69) is 0 Å². The number of ether oxygens (including phenoxy) is 1. The lowest BCUT2D eigenvalue weighted by Gasteiger charge is -2.16. The number of benzene rings is 1. The second kappa shape index (κ2) is 5.34. The van der Waals surface area contributed by atoms with Gasteiger partial charge in [-0.1, -0.05) is 0 Å². The van der Waals surface area contributed by atoms with Gasteiger partial charge in [-0.15, -0.1) is 0 Å². The standard InChI is InChI=1S/C10H14N2O5S/c1-12(17-3)10(13)8-6-7(18(11,14)15)4-5-9(8)16-2/h4-6H,1-3H3,(H2,11,14,15). The normalized spacial score (nSPS) is 11.1. The van der Waals surface area contributed by atoms with E-state index in [0.717, 1.165) is 11.1 Å². The Morgan fingerprint density at radius 1 is 1.33 bits per heavy atom. The van der Waals surface area contributed by atoms with Crippen LogP contribution in [0.15, 0.2) is 23.1 Å². The van der Waals surface area contributed by atoms with Crippen LogP contribution in [-0.2, 0) is 14.9 Å². The first-order valence-corrected chi connectivity index (χ1v) is 6.39. The van der Waals surface area contributed by atoms with Crippen LogP contribution in [0.1, 0.15) is 10.4 Å². The highest BCUT2D eigenvalue weighted by Crippen LogP contribution is 2.23. The number of sulfonamides is 1. The van der Waals surface area contributed by atoms with E-state index in [1.165, 1.54) is 33.4 Å². The minimum absolute atomic E-state index is 0.0494. The van der Waals surface area contributed by atoms with Crippen molar-refractivity contribution in [3.8, 4) is 5.75 Å². The Bertz CT molecular complexity index is 555. The molecule has 0 spiro atoms. The van der Waals surface area contributed by atoms with Crippen LogP contribution < -0.4 is 9.88 Å². The van der Waals surface area contributed by atoms with E-state index in [1.807, 2.05) is 0 Å². The Morgan fingerprint density at radius 2 is 1.94 bits per heavy atom. The lowest BCUT2D eigenvalue weighted by Crippen LogP contribution is -2.26. The Balaban J connectivity index is 3.36. The summed E-state index contributed by atoms with van der Waals surface area (Å²) in [5.74, 6) is -0.309. The van der Waals surface area contributed by atoms with Crippen LogP contribution in [0.2, 0.25) is 0 Å². The van der Waals surface area contributed by atoms with Gasteiger partial charge in [0.15, 0.2) is 0 Å². The molecule has 0 bridgehead atoms. The summed E-state index contributed by atoms with van der Waals surface area (Å²) in [5, 5.41) is 5.95.